The zero-order valence-corrected chi connectivity index (χ0v) is 21.3. The molecule has 200 valence electrons. The minimum atomic E-state index is -4.14. The minimum absolute atomic E-state index is 0.0225. The van der Waals surface area contributed by atoms with Gasteiger partial charge >= 0.3 is 6.18 Å². The molecule has 5 rings (SSSR count). The van der Waals surface area contributed by atoms with Gasteiger partial charge in [-0.2, -0.15) is 23.4 Å². The van der Waals surface area contributed by atoms with Gasteiger partial charge < -0.3 is 10.2 Å². The Morgan fingerprint density at radius 3 is 2.70 bits per heavy atom. The highest BCUT2D eigenvalue weighted by Crippen LogP contribution is 2.28. The van der Waals surface area contributed by atoms with E-state index >= 15 is 0 Å². The first-order valence-corrected chi connectivity index (χ1v) is 13.3. The summed E-state index contributed by atoms with van der Waals surface area (Å²) in [5.74, 6) is 0.634. The van der Waals surface area contributed by atoms with Crippen molar-refractivity contribution in [1.29, 1.82) is 0 Å². The minimum Gasteiger partial charge on any atom is -0.349 e. The normalized spacial score (nSPS) is 21.1. The topological polar surface area (TPSA) is 68.0 Å². The molecule has 7 nitrogen and oxygen atoms in total. The van der Waals surface area contributed by atoms with Crippen LogP contribution in [0.3, 0.4) is 0 Å². The van der Waals surface area contributed by atoms with Gasteiger partial charge in [0.1, 0.15) is 0 Å². The number of carbonyl (C=O) groups is 1. The molecule has 3 aromatic rings. The van der Waals surface area contributed by atoms with Gasteiger partial charge in [-0.25, -0.2) is 0 Å². The number of alkyl halides is 3. The van der Waals surface area contributed by atoms with Crippen LogP contribution in [-0.2, 0) is 26.4 Å². The summed E-state index contributed by atoms with van der Waals surface area (Å²) in [5.41, 5.74) is 3.10. The van der Waals surface area contributed by atoms with Crippen molar-refractivity contribution in [3.63, 3.8) is 0 Å². The molecule has 1 aliphatic heterocycles. The lowest BCUT2D eigenvalue weighted by atomic mass is 9.84. The first-order valence-electron chi connectivity index (χ1n) is 13.3. The van der Waals surface area contributed by atoms with Crippen LogP contribution < -0.4 is 5.32 Å². The Hall–Kier alpha value is -2.88. The van der Waals surface area contributed by atoms with Crippen molar-refractivity contribution in [3.8, 4) is 0 Å². The fraction of sp³-hybridized carbons (Fsp3) is 0.593. The van der Waals surface area contributed by atoms with Crippen molar-refractivity contribution in [1.82, 2.24) is 29.8 Å². The molecule has 3 heterocycles. The van der Waals surface area contributed by atoms with Crippen LogP contribution in [-0.4, -0.2) is 62.2 Å². The first-order chi connectivity index (χ1) is 17.7. The van der Waals surface area contributed by atoms with E-state index in [0.717, 1.165) is 81.3 Å². The molecule has 0 radical (unpaired) electrons. The molecule has 0 bridgehead atoms. The molecule has 1 fully saturated rings. The molecule has 0 unspecified atom stereocenters. The van der Waals surface area contributed by atoms with Gasteiger partial charge in [-0.1, -0.05) is 6.07 Å². The van der Waals surface area contributed by atoms with Crippen molar-refractivity contribution in [2.45, 2.75) is 70.1 Å². The summed E-state index contributed by atoms with van der Waals surface area (Å²) in [6.45, 7) is 3.54. The number of hydrogen-bond donors (Lipinski definition) is 1. The molecule has 37 heavy (non-hydrogen) atoms. The summed E-state index contributed by atoms with van der Waals surface area (Å²) in [6, 6.07) is 7.72. The second kappa shape index (κ2) is 10.8. The molecule has 1 saturated carbocycles. The van der Waals surface area contributed by atoms with Crippen LogP contribution in [0.2, 0.25) is 0 Å². The summed E-state index contributed by atoms with van der Waals surface area (Å²) in [5, 5.41) is 12.9. The summed E-state index contributed by atoms with van der Waals surface area (Å²) < 4.78 is 41.2. The van der Waals surface area contributed by atoms with Gasteiger partial charge in [-0.05, 0) is 62.8 Å². The van der Waals surface area contributed by atoms with E-state index in [2.05, 4.69) is 20.4 Å². The summed E-state index contributed by atoms with van der Waals surface area (Å²) >= 11 is 0. The van der Waals surface area contributed by atoms with Gasteiger partial charge in [0.2, 0.25) is 0 Å². The van der Waals surface area contributed by atoms with Gasteiger partial charge in [-0.3, -0.25) is 14.2 Å². The third-order valence-corrected chi connectivity index (χ3v) is 7.84. The number of fused-ring (bicyclic) bond motifs is 2. The Balaban J connectivity index is 1.04. The average Bonchev–Trinajstić information content (AvgIpc) is 3.39. The van der Waals surface area contributed by atoms with E-state index in [1.165, 1.54) is 0 Å². The Bertz CT molecular complexity index is 1200. The van der Waals surface area contributed by atoms with E-state index in [4.69, 9.17) is 0 Å². The highest BCUT2D eigenvalue weighted by molar-refractivity contribution is 6.06. The fourth-order valence-electron chi connectivity index (χ4n) is 5.73. The number of aryl methyl sites for hydroxylation is 2. The molecular weight excluding hydrogens is 481 g/mol. The maximum atomic E-state index is 12.9. The standard InChI is InChI=1S/C27H35F3N6O/c1-34-18-24-23(3-2-4-25(24)33-34)26(37)31-20-7-5-19(6-8-20)10-13-35-14-11-22-17-21(9-12-27(28,29)30)32-36(22)16-15-35/h2-4,17-20H,5-16H2,1H3,(H,31,37). The lowest BCUT2D eigenvalue weighted by molar-refractivity contribution is -0.134. The lowest BCUT2D eigenvalue weighted by Gasteiger charge is -2.30. The Morgan fingerprint density at radius 1 is 1.11 bits per heavy atom. The van der Waals surface area contributed by atoms with E-state index in [9.17, 15) is 18.0 Å². The molecule has 2 aromatic heterocycles. The molecule has 1 N–H and O–H groups in total. The number of rotatable bonds is 7. The van der Waals surface area contributed by atoms with E-state index in [1.807, 2.05) is 42.2 Å². The van der Waals surface area contributed by atoms with Crippen LogP contribution in [0.15, 0.2) is 30.5 Å². The molecule has 1 aliphatic carbocycles. The van der Waals surface area contributed by atoms with Crippen LogP contribution in [0, 0.1) is 5.92 Å². The second-order valence-electron chi connectivity index (χ2n) is 10.6. The Morgan fingerprint density at radius 2 is 1.92 bits per heavy atom. The molecule has 2 aliphatic rings. The van der Waals surface area contributed by atoms with E-state index in [-0.39, 0.29) is 18.4 Å². The van der Waals surface area contributed by atoms with E-state index < -0.39 is 12.6 Å². The largest absolute Gasteiger partial charge is 0.389 e. The first kappa shape index (κ1) is 25.8. The summed E-state index contributed by atoms with van der Waals surface area (Å²) in [4.78, 5) is 15.4. The van der Waals surface area contributed by atoms with Gasteiger partial charge in [0, 0.05) is 62.7 Å². The van der Waals surface area contributed by atoms with E-state index in [1.54, 1.807) is 4.68 Å². The van der Waals surface area contributed by atoms with Gasteiger partial charge in [-0.15, -0.1) is 0 Å². The highest BCUT2D eigenvalue weighted by atomic mass is 19.4. The molecule has 10 heteroatoms. The van der Waals surface area contributed by atoms with E-state index in [0.29, 0.717) is 17.2 Å². The monoisotopic (exact) mass is 516 g/mol. The second-order valence-corrected chi connectivity index (χ2v) is 10.6. The SMILES string of the molecule is Cn1cc2c(C(=O)NC3CCC(CCN4CCc5cc(CCC(F)(F)F)nn5CC4)CC3)cccc2n1. The van der Waals surface area contributed by atoms with Crippen LogP contribution in [0.5, 0.6) is 0 Å². The molecule has 1 aromatic carbocycles. The van der Waals surface area contributed by atoms with Crippen molar-refractivity contribution in [3.05, 3.63) is 47.4 Å². The van der Waals surface area contributed by atoms with Crippen LogP contribution in [0.25, 0.3) is 10.9 Å². The molecule has 0 atom stereocenters. The van der Waals surface area contributed by atoms with Crippen molar-refractivity contribution >= 4 is 16.8 Å². The predicted molar refractivity (Wildman–Crippen MR) is 135 cm³/mol. The zero-order chi connectivity index (χ0) is 26.0. The van der Waals surface area contributed by atoms with Gasteiger partial charge in [0.25, 0.3) is 5.91 Å². The maximum Gasteiger partial charge on any atom is 0.389 e. The van der Waals surface area contributed by atoms with Crippen molar-refractivity contribution in [2.24, 2.45) is 13.0 Å². The number of carbonyl (C=O) groups excluding carboxylic acids is 1. The number of benzene rings is 1. The number of hydrogen-bond acceptors (Lipinski definition) is 4. The zero-order valence-electron chi connectivity index (χ0n) is 21.3. The Kier molecular flexibility index (Phi) is 7.55. The number of amides is 1. The molecule has 1 amide bonds. The van der Waals surface area contributed by atoms with Crippen LogP contribution in [0.4, 0.5) is 13.2 Å². The third-order valence-electron chi connectivity index (χ3n) is 7.84. The third kappa shape index (κ3) is 6.52. The summed E-state index contributed by atoms with van der Waals surface area (Å²) in [6.07, 6.45) is 3.06. The molecule has 0 saturated heterocycles. The summed E-state index contributed by atoms with van der Waals surface area (Å²) in [7, 11) is 1.86. The Labute approximate surface area is 215 Å². The number of nitrogens with one attached hydrogen (secondary N) is 1. The van der Waals surface area contributed by atoms with Crippen LogP contribution in [0.1, 0.15) is 60.3 Å². The molecule has 0 spiro atoms. The number of aromatic nitrogens is 4. The maximum absolute atomic E-state index is 12.9. The molecular formula is C27H35F3N6O. The number of halogens is 3. The fourth-order valence-corrected chi connectivity index (χ4v) is 5.73. The van der Waals surface area contributed by atoms with Gasteiger partial charge in [0.05, 0.1) is 23.3 Å². The van der Waals surface area contributed by atoms with Gasteiger partial charge in [0.15, 0.2) is 0 Å². The number of nitrogens with zero attached hydrogens (tertiary/aromatic N) is 5. The smallest absolute Gasteiger partial charge is 0.349 e. The highest BCUT2D eigenvalue weighted by Gasteiger charge is 2.28. The average molecular weight is 517 g/mol. The lowest BCUT2D eigenvalue weighted by Crippen LogP contribution is -2.38. The predicted octanol–water partition coefficient (Wildman–Crippen LogP) is 4.50. The van der Waals surface area contributed by atoms with Crippen LogP contribution >= 0.6 is 0 Å². The van der Waals surface area contributed by atoms with Crippen molar-refractivity contribution < 1.29 is 18.0 Å². The quantitative estimate of drug-likeness (QED) is 0.502. The van der Waals surface area contributed by atoms with Crippen molar-refractivity contribution in [2.75, 3.05) is 19.6 Å².